The summed E-state index contributed by atoms with van der Waals surface area (Å²) in [4.78, 5) is 7.73. The van der Waals surface area contributed by atoms with Crippen molar-refractivity contribution >= 4 is 16.6 Å². The van der Waals surface area contributed by atoms with Crippen molar-refractivity contribution in [3.63, 3.8) is 0 Å². The van der Waals surface area contributed by atoms with Crippen molar-refractivity contribution in [2.24, 2.45) is 0 Å². The molecule has 1 atom stereocenters. The molecule has 0 aliphatic carbocycles. The maximum absolute atomic E-state index is 13.5. The van der Waals surface area contributed by atoms with Crippen LogP contribution in [-0.2, 0) is 6.18 Å². The van der Waals surface area contributed by atoms with Crippen LogP contribution in [0.3, 0.4) is 0 Å². The van der Waals surface area contributed by atoms with E-state index in [-0.39, 0.29) is 5.69 Å². The molecule has 2 heterocycles. The zero-order valence-electron chi connectivity index (χ0n) is 15.1. The van der Waals surface area contributed by atoms with E-state index in [1.165, 1.54) is 12.1 Å². The average molecular weight is 381 g/mol. The summed E-state index contributed by atoms with van der Waals surface area (Å²) in [7, 11) is 0. The van der Waals surface area contributed by atoms with Gasteiger partial charge in [-0.05, 0) is 37.3 Å². The molecule has 2 N–H and O–H groups in total. The van der Waals surface area contributed by atoms with Gasteiger partial charge in [-0.1, -0.05) is 36.4 Å². The highest BCUT2D eigenvalue weighted by Crippen LogP contribution is 2.39. The van der Waals surface area contributed by atoms with E-state index in [1.54, 1.807) is 18.3 Å². The lowest BCUT2D eigenvalue weighted by Gasteiger charge is -2.23. The molecule has 0 aliphatic heterocycles. The van der Waals surface area contributed by atoms with E-state index in [1.807, 2.05) is 43.3 Å². The fourth-order valence-electron chi connectivity index (χ4n) is 3.52. The number of rotatable bonds is 4. The first-order valence-electron chi connectivity index (χ1n) is 8.86. The van der Waals surface area contributed by atoms with Gasteiger partial charge in [0.15, 0.2) is 0 Å². The molecule has 142 valence electrons. The molecule has 0 fully saturated rings. The fraction of sp³-hybridized carbons (Fsp3) is 0.136. The van der Waals surface area contributed by atoms with Gasteiger partial charge in [-0.3, -0.25) is 4.98 Å². The van der Waals surface area contributed by atoms with Gasteiger partial charge in [0, 0.05) is 34.0 Å². The largest absolute Gasteiger partial charge is 0.418 e. The predicted molar refractivity (Wildman–Crippen MR) is 104 cm³/mol. The van der Waals surface area contributed by atoms with Crippen LogP contribution >= 0.6 is 0 Å². The number of hydrogen-bond acceptors (Lipinski definition) is 2. The number of hydrogen-bond donors (Lipinski definition) is 2. The number of alkyl halides is 3. The molecule has 4 rings (SSSR count). The molecular weight excluding hydrogens is 363 g/mol. The first kappa shape index (κ1) is 18.1. The molecule has 0 saturated carbocycles. The van der Waals surface area contributed by atoms with E-state index in [0.29, 0.717) is 5.69 Å². The first-order chi connectivity index (χ1) is 13.4. The van der Waals surface area contributed by atoms with Gasteiger partial charge < -0.3 is 10.3 Å². The van der Waals surface area contributed by atoms with E-state index >= 15 is 0 Å². The molecule has 3 nitrogen and oxygen atoms in total. The summed E-state index contributed by atoms with van der Waals surface area (Å²) in [6.07, 6.45) is -2.81. The van der Waals surface area contributed by atoms with E-state index in [9.17, 15) is 13.2 Å². The Labute approximate surface area is 160 Å². The van der Waals surface area contributed by atoms with Gasteiger partial charge in [0.25, 0.3) is 0 Å². The number of fused-ring (bicyclic) bond motifs is 1. The Morgan fingerprint density at radius 1 is 0.929 bits per heavy atom. The van der Waals surface area contributed by atoms with Gasteiger partial charge in [0.2, 0.25) is 0 Å². The van der Waals surface area contributed by atoms with Gasteiger partial charge in [0.1, 0.15) is 0 Å². The fourth-order valence-corrected chi connectivity index (χ4v) is 3.52. The minimum absolute atomic E-state index is 0.0235. The molecule has 0 amide bonds. The Bertz CT molecular complexity index is 1100. The van der Waals surface area contributed by atoms with Crippen molar-refractivity contribution in [3.05, 3.63) is 95.4 Å². The summed E-state index contributed by atoms with van der Waals surface area (Å²) in [5.74, 6) is 0. The number of aromatic amines is 1. The molecule has 0 aliphatic rings. The number of H-pyrrole nitrogens is 1. The first-order valence-corrected chi connectivity index (χ1v) is 8.86. The highest BCUT2D eigenvalue weighted by molar-refractivity contribution is 5.86. The number of benzene rings is 2. The lowest BCUT2D eigenvalue weighted by Crippen LogP contribution is -2.18. The van der Waals surface area contributed by atoms with Crippen LogP contribution in [-0.4, -0.2) is 9.97 Å². The van der Waals surface area contributed by atoms with Crippen molar-refractivity contribution in [2.45, 2.75) is 19.1 Å². The van der Waals surface area contributed by atoms with Gasteiger partial charge in [-0.15, -0.1) is 0 Å². The molecule has 0 saturated heterocycles. The van der Waals surface area contributed by atoms with E-state index < -0.39 is 17.8 Å². The van der Waals surface area contributed by atoms with Crippen LogP contribution in [0, 0.1) is 6.92 Å². The molecule has 2 aromatic heterocycles. The summed E-state index contributed by atoms with van der Waals surface area (Å²) < 4.78 is 40.5. The number of para-hydroxylation sites is 2. The summed E-state index contributed by atoms with van der Waals surface area (Å²) in [5, 5.41) is 4.05. The van der Waals surface area contributed by atoms with Crippen molar-refractivity contribution in [1.82, 2.24) is 9.97 Å². The number of aromatic nitrogens is 2. The van der Waals surface area contributed by atoms with E-state index in [2.05, 4.69) is 15.3 Å². The highest BCUT2D eigenvalue weighted by Gasteiger charge is 2.34. The third kappa shape index (κ3) is 3.33. The Hall–Kier alpha value is -3.28. The second-order valence-corrected chi connectivity index (χ2v) is 6.58. The van der Waals surface area contributed by atoms with Gasteiger partial charge in [-0.2, -0.15) is 13.2 Å². The van der Waals surface area contributed by atoms with Crippen LogP contribution in [0.4, 0.5) is 18.9 Å². The zero-order chi connectivity index (χ0) is 19.7. The summed E-state index contributed by atoms with van der Waals surface area (Å²) in [6, 6.07) is 18.1. The van der Waals surface area contributed by atoms with Crippen LogP contribution in [0.15, 0.2) is 72.9 Å². The molecule has 0 radical (unpaired) electrons. The molecule has 6 heteroatoms. The summed E-state index contributed by atoms with van der Waals surface area (Å²) in [5.41, 5.74) is 2.66. The van der Waals surface area contributed by atoms with E-state index in [4.69, 9.17) is 0 Å². The number of aryl methyl sites for hydroxylation is 1. The standard InChI is InChI=1S/C22H18F3N3/c1-14-20(15-8-2-4-10-17(15)27-14)21(19-12-6-7-13-26-19)28-18-11-5-3-9-16(18)22(23,24)25/h2-13,21,27-28H,1H3/t21-/m0/s1. The second-order valence-electron chi connectivity index (χ2n) is 6.58. The summed E-state index contributed by atoms with van der Waals surface area (Å²) in [6.45, 7) is 1.92. The SMILES string of the molecule is Cc1[nH]c2ccccc2c1[C@@H](Nc1ccccc1C(F)(F)F)c1ccccn1. The molecule has 0 spiro atoms. The molecule has 0 unspecified atom stereocenters. The second kappa shape index (κ2) is 7.03. The van der Waals surface area contributed by atoms with Gasteiger partial charge in [-0.25, -0.2) is 0 Å². The number of nitrogens with zero attached hydrogens (tertiary/aromatic N) is 1. The molecule has 4 aromatic rings. The van der Waals surface area contributed by atoms with Crippen molar-refractivity contribution < 1.29 is 13.2 Å². The molecule has 28 heavy (non-hydrogen) atoms. The van der Waals surface area contributed by atoms with Crippen LogP contribution in [0.1, 0.15) is 28.6 Å². The number of pyridine rings is 1. The van der Waals surface area contributed by atoms with Crippen LogP contribution in [0.5, 0.6) is 0 Å². The molecule has 0 bridgehead atoms. The Morgan fingerprint density at radius 3 is 2.39 bits per heavy atom. The topological polar surface area (TPSA) is 40.7 Å². The van der Waals surface area contributed by atoms with Crippen molar-refractivity contribution in [2.75, 3.05) is 5.32 Å². The summed E-state index contributed by atoms with van der Waals surface area (Å²) >= 11 is 0. The third-order valence-electron chi connectivity index (χ3n) is 4.75. The number of halogens is 3. The Balaban J connectivity index is 1.89. The molecular formula is C22H18F3N3. The average Bonchev–Trinajstić information content (AvgIpc) is 3.02. The van der Waals surface area contributed by atoms with Crippen molar-refractivity contribution in [3.8, 4) is 0 Å². The monoisotopic (exact) mass is 381 g/mol. The van der Waals surface area contributed by atoms with Crippen molar-refractivity contribution in [1.29, 1.82) is 0 Å². The normalized spacial score (nSPS) is 12.9. The number of anilines is 1. The Kier molecular flexibility index (Phi) is 4.55. The third-order valence-corrected chi connectivity index (χ3v) is 4.75. The van der Waals surface area contributed by atoms with Gasteiger partial charge in [0.05, 0.1) is 17.3 Å². The number of nitrogens with one attached hydrogen (secondary N) is 2. The smallest absolute Gasteiger partial charge is 0.372 e. The highest BCUT2D eigenvalue weighted by atomic mass is 19.4. The minimum atomic E-state index is -4.45. The maximum Gasteiger partial charge on any atom is 0.418 e. The lowest BCUT2D eigenvalue weighted by molar-refractivity contribution is -0.137. The van der Waals surface area contributed by atoms with Crippen LogP contribution in [0.25, 0.3) is 10.9 Å². The molecule has 2 aromatic carbocycles. The minimum Gasteiger partial charge on any atom is -0.372 e. The van der Waals surface area contributed by atoms with E-state index in [0.717, 1.165) is 28.2 Å². The lowest BCUT2D eigenvalue weighted by atomic mass is 9.98. The van der Waals surface area contributed by atoms with Crippen LogP contribution < -0.4 is 5.32 Å². The predicted octanol–water partition coefficient (Wildman–Crippen LogP) is 6.09. The zero-order valence-corrected chi connectivity index (χ0v) is 15.1. The van der Waals surface area contributed by atoms with Gasteiger partial charge >= 0.3 is 6.18 Å². The Morgan fingerprint density at radius 2 is 1.64 bits per heavy atom. The quantitative estimate of drug-likeness (QED) is 0.449. The maximum atomic E-state index is 13.5. The van der Waals surface area contributed by atoms with Crippen LogP contribution in [0.2, 0.25) is 0 Å².